The lowest BCUT2D eigenvalue weighted by molar-refractivity contribution is -0.138. The van der Waals surface area contributed by atoms with Gasteiger partial charge in [-0.2, -0.15) is 0 Å². The van der Waals surface area contributed by atoms with Crippen LogP contribution in [0.4, 0.5) is 0 Å². The average molecular weight is 223 g/mol. The summed E-state index contributed by atoms with van der Waals surface area (Å²) in [7, 11) is 3.80. The van der Waals surface area contributed by atoms with E-state index < -0.39 is 5.97 Å². The highest BCUT2D eigenvalue weighted by atomic mass is 16.4. The minimum absolute atomic E-state index is 0.0967. The molecule has 16 heavy (non-hydrogen) atoms. The molecule has 1 fully saturated rings. The van der Waals surface area contributed by atoms with Crippen molar-refractivity contribution in [2.75, 3.05) is 14.1 Å². The molecule has 0 saturated heterocycles. The van der Waals surface area contributed by atoms with Crippen molar-refractivity contribution in [1.29, 1.82) is 0 Å². The van der Waals surface area contributed by atoms with Gasteiger partial charge in [0.15, 0.2) is 0 Å². The molecule has 1 unspecified atom stereocenters. The van der Waals surface area contributed by atoms with Crippen LogP contribution in [0.15, 0.2) is 12.5 Å². The van der Waals surface area contributed by atoms with Crippen molar-refractivity contribution < 1.29 is 9.90 Å². The normalized spacial score (nSPS) is 17.7. The first-order chi connectivity index (χ1) is 7.59. The van der Waals surface area contributed by atoms with Gasteiger partial charge in [-0.25, -0.2) is 4.98 Å². The van der Waals surface area contributed by atoms with E-state index in [9.17, 15) is 4.79 Å². The maximum absolute atomic E-state index is 10.8. The van der Waals surface area contributed by atoms with Gasteiger partial charge in [0.1, 0.15) is 0 Å². The third kappa shape index (κ3) is 2.24. The quantitative estimate of drug-likeness (QED) is 0.817. The lowest BCUT2D eigenvalue weighted by Crippen LogP contribution is -2.24. The molecule has 1 aromatic rings. The summed E-state index contributed by atoms with van der Waals surface area (Å²) in [6.07, 6.45) is 6.07. The molecular formula is C11H17N3O2. The number of carboxylic acid groups (broad SMARTS) is 1. The van der Waals surface area contributed by atoms with Crippen LogP contribution in [0.5, 0.6) is 0 Å². The molecule has 1 saturated carbocycles. The Bertz CT molecular complexity index is 382. The maximum atomic E-state index is 10.8. The van der Waals surface area contributed by atoms with Crippen LogP contribution >= 0.6 is 0 Å². The van der Waals surface area contributed by atoms with Crippen LogP contribution in [0.25, 0.3) is 0 Å². The van der Waals surface area contributed by atoms with E-state index in [1.807, 2.05) is 25.3 Å². The minimum atomic E-state index is -0.776. The Hall–Kier alpha value is -1.36. The van der Waals surface area contributed by atoms with Gasteiger partial charge in [0.05, 0.1) is 24.5 Å². The highest BCUT2D eigenvalue weighted by Crippen LogP contribution is 2.38. The zero-order valence-electron chi connectivity index (χ0n) is 9.63. The van der Waals surface area contributed by atoms with Gasteiger partial charge in [0.2, 0.25) is 0 Å². The van der Waals surface area contributed by atoms with E-state index in [1.54, 1.807) is 6.20 Å². The Kier molecular flexibility index (Phi) is 2.96. The largest absolute Gasteiger partial charge is 0.481 e. The molecule has 0 bridgehead atoms. The number of carboxylic acids is 1. The molecule has 5 heteroatoms. The first-order valence-electron chi connectivity index (χ1n) is 5.49. The van der Waals surface area contributed by atoms with E-state index in [1.165, 1.54) is 12.8 Å². The summed E-state index contributed by atoms with van der Waals surface area (Å²) in [4.78, 5) is 16.9. The predicted octanol–water partition coefficient (Wildman–Crippen LogP) is 1.30. The standard InChI is InChI=1S/C11H17N3O2/c1-13(2)9(5-11(15)16)10-6-12-7-14(10)8-3-4-8/h6-9H,3-5H2,1-2H3,(H,15,16). The Balaban J connectivity index is 2.23. The predicted molar refractivity (Wildman–Crippen MR) is 59.2 cm³/mol. The molecule has 1 N–H and O–H groups in total. The van der Waals surface area contributed by atoms with E-state index in [-0.39, 0.29) is 12.5 Å². The third-order valence-electron chi connectivity index (χ3n) is 2.97. The third-order valence-corrected chi connectivity index (χ3v) is 2.97. The van der Waals surface area contributed by atoms with E-state index in [0.717, 1.165) is 5.69 Å². The van der Waals surface area contributed by atoms with Crippen molar-refractivity contribution in [3.05, 3.63) is 18.2 Å². The second-order valence-electron chi connectivity index (χ2n) is 4.53. The molecule has 0 spiro atoms. The van der Waals surface area contributed by atoms with Crippen LogP contribution in [0, 0.1) is 0 Å². The summed E-state index contributed by atoms with van der Waals surface area (Å²) in [5.41, 5.74) is 1.01. The van der Waals surface area contributed by atoms with Gasteiger partial charge in [-0.05, 0) is 26.9 Å². The second-order valence-corrected chi connectivity index (χ2v) is 4.53. The van der Waals surface area contributed by atoms with Crippen LogP contribution in [-0.2, 0) is 4.79 Å². The van der Waals surface area contributed by atoms with Gasteiger partial charge in [0.25, 0.3) is 0 Å². The molecular weight excluding hydrogens is 206 g/mol. The number of aromatic nitrogens is 2. The average Bonchev–Trinajstić information content (AvgIpc) is 2.93. The van der Waals surface area contributed by atoms with Gasteiger partial charge in [0, 0.05) is 12.2 Å². The zero-order valence-corrected chi connectivity index (χ0v) is 9.63. The van der Waals surface area contributed by atoms with Gasteiger partial charge in [-0.3, -0.25) is 4.79 Å². The van der Waals surface area contributed by atoms with E-state index in [0.29, 0.717) is 6.04 Å². The number of hydrogen-bond donors (Lipinski definition) is 1. The minimum Gasteiger partial charge on any atom is -0.481 e. The lowest BCUT2D eigenvalue weighted by Gasteiger charge is -2.23. The molecule has 0 radical (unpaired) electrons. The van der Waals surface area contributed by atoms with E-state index >= 15 is 0 Å². The number of hydrogen-bond acceptors (Lipinski definition) is 3. The van der Waals surface area contributed by atoms with Crippen molar-refractivity contribution in [3.8, 4) is 0 Å². The monoisotopic (exact) mass is 223 g/mol. The van der Waals surface area contributed by atoms with Gasteiger partial charge in [-0.1, -0.05) is 0 Å². The molecule has 88 valence electrons. The van der Waals surface area contributed by atoms with Crippen LogP contribution < -0.4 is 0 Å². The number of rotatable bonds is 5. The fourth-order valence-corrected chi connectivity index (χ4v) is 1.95. The topological polar surface area (TPSA) is 58.4 Å². The Morgan fingerprint density at radius 1 is 1.69 bits per heavy atom. The molecule has 0 aliphatic heterocycles. The van der Waals surface area contributed by atoms with Crippen LogP contribution in [0.2, 0.25) is 0 Å². The number of nitrogens with zero attached hydrogens (tertiary/aromatic N) is 3. The lowest BCUT2D eigenvalue weighted by atomic mass is 10.1. The highest BCUT2D eigenvalue weighted by Gasteiger charge is 2.29. The summed E-state index contributed by atoms with van der Waals surface area (Å²) >= 11 is 0. The molecule has 1 atom stereocenters. The molecule has 0 aromatic carbocycles. The van der Waals surface area contributed by atoms with E-state index in [2.05, 4.69) is 9.55 Å². The summed E-state index contributed by atoms with van der Waals surface area (Å²) in [5, 5.41) is 8.92. The Labute approximate surface area is 94.7 Å². The summed E-state index contributed by atoms with van der Waals surface area (Å²) in [6, 6.07) is 0.439. The first kappa shape index (κ1) is 11.1. The molecule has 1 aromatic heterocycles. The van der Waals surface area contributed by atoms with Gasteiger partial charge in [-0.15, -0.1) is 0 Å². The second kappa shape index (κ2) is 4.25. The van der Waals surface area contributed by atoms with Crippen LogP contribution in [0.1, 0.15) is 37.0 Å². The number of carbonyl (C=O) groups is 1. The van der Waals surface area contributed by atoms with Crippen molar-refractivity contribution in [3.63, 3.8) is 0 Å². The molecule has 0 amide bonds. The summed E-state index contributed by atoms with van der Waals surface area (Å²) in [5.74, 6) is -0.776. The highest BCUT2D eigenvalue weighted by molar-refractivity contribution is 5.67. The fraction of sp³-hybridized carbons (Fsp3) is 0.636. The molecule has 1 aliphatic carbocycles. The first-order valence-corrected chi connectivity index (χ1v) is 5.49. The van der Waals surface area contributed by atoms with Crippen LogP contribution in [-0.4, -0.2) is 39.6 Å². The van der Waals surface area contributed by atoms with Gasteiger partial charge >= 0.3 is 5.97 Å². The van der Waals surface area contributed by atoms with E-state index in [4.69, 9.17) is 5.11 Å². The van der Waals surface area contributed by atoms with Crippen molar-refractivity contribution in [2.45, 2.75) is 31.3 Å². The summed E-state index contributed by atoms with van der Waals surface area (Å²) < 4.78 is 2.12. The molecule has 5 nitrogen and oxygen atoms in total. The van der Waals surface area contributed by atoms with Crippen molar-refractivity contribution >= 4 is 5.97 Å². The number of imidazole rings is 1. The number of aliphatic carboxylic acids is 1. The van der Waals surface area contributed by atoms with Crippen molar-refractivity contribution in [2.24, 2.45) is 0 Å². The maximum Gasteiger partial charge on any atom is 0.305 e. The smallest absolute Gasteiger partial charge is 0.305 e. The van der Waals surface area contributed by atoms with Crippen molar-refractivity contribution in [1.82, 2.24) is 14.5 Å². The fourth-order valence-electron chi connectivity index (χ4n) is 1.95. The van der Waals surface area contributed by atoms with Crippen LogP contribution in [0.3, 0.4) is 0 Å². The Morgan fingerprint density at radius 2 is 2.38 bits per heavy atom. The molecule has 2 rings (SSSR count). The molecule has 1 aliphatic rings. The SMILES string of the molecule is CN(C)C(CC(=O)O)c1cncn1C1CC1. The summed E-state index contributed by atoms with van der Waals surface area (Å²) in [6.45, 7) is 0. The van der Waals surface area contributed by atoms with Gasteiger partial charge < -0.3 is 14.6 Å². The Morgan fingerprint density at radius 3 is 2.88 bits per heavy atom. The zero-order chi connectivity index (χ0) is 11.7. The molecule has 1 heterocycles.